The Balaban J connectivity index is 1.23. The Morgan fingerprint density at radius 3 is 2.65 bits per heavy atom. The third kappa shape index (κ3) is 4.36. The fraction of sp³-hybridized carbons (Fsp3) is 0.364. The Kier molecular flexibility index (Phi) is 5.49. The number of rotatable bonds is 5. The summed E-state index contributed by atoms with van der Waals surface area (Å²) in [7, 11) is 0. The van der Waals surface area contributed by atoms with Crippen LogP contribution in [0.3, 0.4) is 0 Å². The number of ether oxygens (including phenoxy) is 1. The fourth-order valence-corrected chi connectivity index (χ4v) is 3.95. The first-order chi connectivity index (χ1) is 15.3. The van der Waals surface area contributed by atoms with Crippen molar-refractivity contribution in [3.05, 3.63) is 53.5 Å². The van der Waals surface area contributed by atoms with Crippen LogP contribution < -0.4 is 15.5 Å². The summed E-state index contributed by atoms with van der Waals surface area (Å²) in [6, 6.07) is 9.42. The number of carbonyl (C=O) groups excluding carboxylic acids is 1. The van der Waals surface area contributed by atoms with Crippen LogP contribution in [0.1, 0.15) is 34.7 Å². The second-order valence-electron chi connectivity index (χ2n) is 7.69. The van der Waals surface area contributed by atoms with Crippen molar-refractivity contribution in [2.45, 2.75) is 25.7 Å². The molecule has 3 heterocycles. The first-order valence-electron chi connectivity index (χ1n) is 10.6. The Bertz CT molecular complexity index is 1060. The van der Waals surface area contributed by atoms with Crippen LogP contribution in [-0.2, 0) is 17.6 Å². The van der Waals surface area contributed by atoms with Gasteiger partial charge in [0.1, 0.15) is 5.76 Å². The summed E-state index contributed by atoms with van der Waals surface area (Å²) in [6.45, 7) is 3.12. The highest BCUT2D eigenvalue weighted by molar-refractivity contribution is 6.04. The van der Waals surface area contributed by atoms with Gasteiger partial charge in [-0.25, -0.2) is 0 Å². The van der Waals surface area contributed by atoms with Crippen molar-refractivity contribution in [1.82, 2.24) is 15.4 Å². The van der Waals surface area contributed by atoms with Gasteiger partial charge in [-0.15, -0.1) is 5.10 Å². The average molecular weight is 420 g/mol. The normalized spacial score (nSPS) is 15.9. The van der Waals surface area contributed by atoms with E-state index in [0.29, 0.717) is 17.2 Å². The molecule has 1 amide bonds. The van der Waals surface area contributed by atoms with E-state index < -0.39 is 0 Å². The molecular weight excluding hydrogens is 396 g/mol. The number of benzene rings is 1. The predicted octanol–water partition coefficient (Wildman–Crippen LogP) is 3.18. The first kappa shape index (κ1) is 19.5. The molecule has 160 valence electrons. The number of morpholine rings is 1. The lowest BCUT2D eigenvalue weighted by Gasteiger charge is -2.28. The number of hydrogen-bond donors (Lipinski definition) is 2. The van der Waals surface area contributed by atoms with Crippen LogP contribution in [0, 0.1) is 0 Å². The number of hydrogen-bond acceptors (Lipinski definition) is 8. The minimum Gasteiger partial charge on any atom is -0.378 e. The summed E-state index contributed by atoms with van der Waals surface area (Å²) in [5.74, 6) is 1.27. The van der Waals surface area contributed by atoms with Crippen molar-refractivity contribution in [3.8, 4) is 0 Å². The molecule has 2 aliphatic rings. The molecule has 1 fully saturated rings. The maximum atomic E-state index is 12.6. The van der Waals surface area contributed by atoms with E-state index in [4.69, 9.17) is 9.26 Å². The van der Waals surface area contributed by atoms with Crippen LogP contribution in [0.5, 0.6) is 0 Å². The molecule has 1 saturated heterocycles. The molecule has 3 aromatic rings. The van der Waals surface area contributed by atoms with Gasteiger partial charge < -0.3 is 24.8 Å². The van der Waals surface area contributed by atoms with Crippen LogP contribution in [-0.4, -0.2) is 47.6 Å². The number of amides is 1. The molecule has 5 rings (SSSR count). The molecule has 2 N–H and O–H groups in total. The van der Waals surface area contributed by atoms with Gasteiger partial charge in [-0.3, -0.25) is 4.79 Å². The van der Waals surface area contributed by atoms with Gasteiger partial charge in [0.2, 0.25) is 0 Å². The Morgan fingerprint density at radius 1 is 1.03 bits per heavy atom. The standard InChI is InChI=1S/C22H24N6O3/c29-22(21-18-3-1-2-4-19(18)31-27-21)25-16-7-5-15(6-8-16)24-20-13-17(14-23-26-20)28-9-11-30-12-10-28/h5-8,13-14H,1-4,9-12H2,(H,24,26)(H,25,29). The van der Waals surface area contributed by atoms with E-state index in [1.54, 1.807) is 6.20 Å². The van der Waals surface area contributed by atoms with Gasteiger partial charge in [0, 0.05) is 42.5 Å². The lowest BCUT2D eigenvalue weighted by Crippen LogP contribution is -2.36. The number of aromatic nitrogens is 3. The smallest absolute Gasteiger partial charge is 0.278 e. The van der Waals surface area contributed by atoms with Gasteiger partial charge in [0.15, 0.2) is 11.5 Å². The van der Waals surface area contributed by atoms with Crippen LogP contribution in [0.4, 0.5) is 22.9 Å². The highest BCUT2D eigenvalue weighted by atomic mass is 16.5. The van der Waals surface area contributed by atoms with E-state index in [2.05, 4.69) is 30.9 Å². The number of nitrogens with one attached hydrogen (secondary N) is 2. The maximum absolute atomic E-state index is 12.6. The number of nitrogens with zero attached hydrogens (tertiary/aromatic N) is 4. The molecule has 9 nitrogen and oxygen atoms in total. The molecule has 2 aromatic heterocycles. The van der Waals surface area contributed by atoms with Gasteiger partial charge in [0.05, 0.1) is 25.1 Å². The fourth-order valence-electron chi connectivity index (χ4n) is 3.95. The SMILES string of the molecule is O=C(Nc1ccc(Nc2cc(N3CCOCC3)cnn2)cc1)c1noc2c1CCCC2. The molecule has 0 unspecified atom stereocenters. The lowest BCUT2D eigenvalue weighted by atomic mass is 9.96. The van der Waals surface area contributed by atoms with E-state index in [0.717, 1.165) is 74.7 Å². The highest BCUT2D eigenvalue weighted by Crippen LogP contribution is 2.25. The quantitative estimate of drug-likeness (QED) is 0.648. The summed E-state index contributed by atoms with van der Waals surface area (Å²) < 4.78 is 10.7. The van der Waals surface area contributed by atoms with Crippen molar-refractivity contribution in [3.63, 3.8) is 0 Å². The number of aryl methyl sites for hydroxylation is 1. The van der Waals surface area contributed by atoms with E-state index in [9.17, 15) is 4.79 Å². The molecule has 0 bridgehead atoms. The Hall–Kier alpha value is -3.46. The molecule has 0 radical (unpaired) electrons. The van der Waals surface area contributed by atoms with Crippen molar-refractivity contribution >= 4 is 28.8 Å². The van der Waals surface area contributed by atoms with Crippen molar-refractivity contribution in [1.29, 1.82) is 0 Å². The first-order valence-corrected chi connectivity index (χ1v) is 10.6. The number of carbonyl (C=O) groups is 1. The molecular formula is C22H24N6O3. The molecule has 0 saturated carbocycles. The minimum atomic E-state index is -0.239. The molecule has 1 aromatic carbocycles. The molecule has 0 spiro atoms. The monoisotopic (exact) mass is 420 g/mol. The highest BCUT2D eigenvalue weighted by Gasteiger charge is 2.24. The van der Waals surface area contributed by atoms with Crippen LogP contribution >= 0.6 is 0 Å². The summed E-state index contributed by atoms with van der Waals surface area (Å²) in [4.78, 5) is 14.9. The van der Waals surface area contributed by atoms with E-state index in [-0.39, 0.29) is 5.91 Å². The van der Waals surface area contributed by atoms with Gasteiger partial charge in [0.25, 0.3) is 5.91 Å². The van der Waals surface area contributed by atoms with Gasteiger partial charge >= 0.3 is 0 Å². The van der Waals surface area contributed by atoms with E-state index >= 15 is 0 Å². The molecule has 1 aliphatic heterocycles. The largest absolute Gasteiger partial charge is 0.378 e. The van der Waals surface area contributed by atoms with Crippen molar-refractivity contribution in [2.24, 2.45) is 0 Å². The topological polar surface area (TPSA) is 105 Å². The minimum absolute atomic E-state index is 0.239. The van der Waals surface area contributed by atoms with Gasteiger partial charge in [-0.2, -0.15) is 5.10 Å². The summed E-state index contributed by atoms with van der Waals surface area (Å²) in [5, 5.41) is 18.4. The summed E-state index contributed by atoms with van der Waals surface area (Å²) in [6.07, 6.45) is 5.60. The number of anilines is 4. The lowest BCUT2D eigenvalue weighted by molar-refractivity contribution is 0.101. The predicted molar refractivity (Wildman–Crippen MR) is 116 cm³/mol. The van der Waals surface area contributed by atoms with Gasteiger partial charge in [-0.05, 0) is 43.5 Å². The van der Waals surface area contributed by atoms with E-state index in [1.165, 1.54) is 0 Å². The van der Waals surface area contributed by atoms with Crippen LogP contribution in [0.15, 0.2) is 41.1 Å². The summed E-state index contributed by atoms with van der Waals surface area (Å²) in [5.41, 5.74) is 3.90. The zero-order chi connectivity index (χ0) is 21.0. The zero-order valence-corrected chi connectivity index (χ0v) is 17.1. The second-order valence-corrected chi connectivity index (χ2v) is 7.69. The third-order valence-electron chi connectivity index (χ3n) is 5.60. The second kappa shape index (κ2) is 8.73. The zero-order valence-electron chi connectivity index (χ0n) is 17.1. The maximum Gasteiger partial charge on any atom is 0.278 e. The van der Waals surface area contributed by atoms with Crippen molar-refractivity contribution in [2.75, 3.05) is 41.8 Å². The Labute approximate surface area is 179 Å². The molecule has 1 aliphatic carbocycles. The van der Waals surface area contributed by atoms with Gasteiger partial charge in [-0.1, -0.05) is 5.16 Å². The van der Waals surface area contributed by atoms with Crippen LogP contribution in [0.25, 0.3) is 0 Å². The molecule has 31 heavy (non-hydrogen) atoms. The van der Waals surface area contributed by atoms with Crippen molar-refractivity contribution < 1.29 is 14.1 Å². The third-order valence-corrected chi connectivity index (χ3v) is 5.60. The average Bonchev–Trinajstić information content (AvgIpc) is 3.26. The molecule has 9 heteroatoms. The van der Waals surface area contributed by atoms with E-state index in [1.807, 2.05) is 30.3 Å². The Morgan fingerprint density at radius 2 is 1.81 bits per heavy atom. The summed E-state index contributed by atoms with van der Waals surface area (Å²) >= 11 is 0. The number of fused-ring (bicyclic) bond motifs is 1. The van der Waals surface area contributed by atoms with Crippen LogP contribution in [0.2, 0.25) is 0 Å². The molecule has 0 atom stereocenters.